The van der Waals surface area contributed by atoms with Crippen molar-refractivity contribution in [3.63, 3.8) is 0 Å². The number of methoxy groups -OCH3 is 1. The first-order valence-electron chi connectivity index (χ1n) is 6.84. The van der Waals surface area contributed by atoms with Crippen LogP contribution in [0.4, 0.5) is 0 Å². The van der Waals surface area contributed by atoms with Gasteiger partial charge in [-0.05, 0) is 38.1 Å². The summed E-state index contributed by atoms with van der Waals surface area (Å²) >= 11 is 1.58. The van der Waals surface area contributed by atoms with Crippen LogP contribution in [0.2, 0.25) is 0 Å². The fourth-order valence-corrected chi connectivity index (χ4v) is 3.49. The molecule has 0 saturated carbocycles. The van der Waals surface area contributed by atoms with Crippen molar-refractivity contribution >= 4 is 22.3 Å². The second kappa shape index (κ2) is 5.46. The summed E-state index contributed by atoms with van der Waals surface area (Å²) in [5.74, 6) is -0.101. The number of fused-ring (bicyclic) bond motifs is 1. The second-order valence-electron chi connectivity index (χ2n) is 5.07. The van der Waals surface area contributed by atoms with Crippen LogP contribution in [0, 0.1) is 13.8 Å². The maximum atomic E-state index is 11.3. The summed E-state index contributed by atoms with van der Waals surface area (Å²) < 4.78 is 7.11. The molecular formula is C16H16N2O3S. The molecule has 6 heteroatoms. The van der Waals surface area contributed by atoms with Gasteiger partial charge in [-0.2, -0.15) is 0 Å². The summed E-state index contributed by atoms with van der Waals surface area (Å²) in [7, 11) is 1.61. The monoisotopic (exact) mass is 316 g/mol. The van der Waals surface area contributed by atoms with E-state index in [0.29, 0.717) is 0 Å². The summed E-state index contributed by atoms with van der Waals surface area (Å²) in [4.78, 5) is 17.9. The van der Waals surface area contributed by atoms with Gasteiger partial charge in [0, 0.05) is 16.1 Å². The van der Waals surface area contributed by atoms with Crippen molar-refractivity contribution in [1.82, 2.24) is 9.38 Å². The van der Waals surface area contributed by atoms with Crippen LogP contribution in [0.25, 0.3) is 16.2 Å². The highest BCUT2D eigenvalue weighted by Crippen LogP contribution is 2.31. The summed E-state index contributed by atoms with van der Waals surface area (Å²) in [6.07, 6.45) is -0.0560. The van der Waals surface area contributed by atoms with E-state index in [4.69, 9.17) is 4.74 Å². The summed E-state index contributed by atoms with van der Waals surface area (Å²) in [5, 5.41) is 9.24. The molecule has 114 valence electrons. The minimum atomic E-state index is -0.861. The molecule has 5 nitrogen and oxygen atoms in total. The molecule has 0 aliphatic heterocycles. The maximum Gasteiger partial charge on any atom is 0.309 e. The molecule has 2 aromatic heterocycles. The van der Waals surface area contributed by atoms with Crippen molar-refractivity contribution in [2.24, 2.45) is 0 Å². The molecule has 1 aromatic carbocycles. The lowest BCUT2D eigenvalue weighted by Gasteiger charge is -2.05. The highest BCUT2D eigenvalue weighted by atomic mass is 32.1. The van der Waals surface area contributed by atoms with Crippen molar-refractivity contribution in [3.05, 3.63) is 40.5 Å². The number of hydrogen-bond donors (Lipinski definition) is 1. The molecule has 0 aliphatic rings. The van der Waals surface area contributed by atoms with Gasteiger partial charge in [0.1, 0.15) is 5.75 Å². The zero-order chi connectivity index (χ0) is 15.9. The van der Waals surface area contributed by atoms with E-state index in [1.807, 2.05) is 42.5 Å². The molecule has 0 aliphatic carbocycles. The van der Waals surface area contributed by atoms with Gasteiger partial charge in [0.15, 0.2) is 4.96 Å². The third-order valence-corrected chi connectivity index (χ3v) is 4.77. The minimum absolute atomic E-state index is 0.0560. The summed E-state index contributed by atoms with van der Waals surface area (Å²) in [5.41, 5.74) is 3.38. The normalized spacial score (nSPS) is 11.0. The highest BCUT2D eigenvalue weighted by Gasteiger charge is 2.20. The number of aryl methyl sites for hydroxylation is 2. The lowest BCUT2D eigenvalue weighted by atomic mass is 10.1. The molecule has 0 spiro atoms. The number of carbonyl (C=O) groups is 1. The first kappa shape index (κ1) is 14.6. The number of carboxylic acids is 1. The van der Waals surface area contributed by atoms with Crippen LogP contribution >= 0.6 is 11.3 Å². The number of carboxylic acid groups (broad SMARTS) is 1. The SMILES string of the molecule is COc1ccc(-c2nc3sc(C)c(C)n3c2CC(=O)O)cc1. The van der Waals surface area contributed by atoms with Crippen LogP contribution in [0.1, 0.15) is 16.3 Å². The molecule has 0 saturated heterocycles. The summed E-state index contributed by atoms with van der Waals surface area (Å²) in [6, 6.07) is 7.51. The van der Waals surface area contributed by atoms with Gasteiger partial charge in [-0.25, -0.2) is 4.98 Å². The van der Waals surface area contributed by atoms with Crippen molar-refractivity contribution in [2.45, 2.75) is 20.3 Å². The molecule has 1 N–H and O–H groups in total. The van der Waals surface area contributed by atoms with E-state index < -0.39 is 5.97 Å². The van der Waals surface area contributed by atoms with E-state index >= 15 is 0 Å². The van der Waals surface area contributed by atoms with Gasteiger partial charge in [0.05, 0.1) is 24.9 Å². The third-order valence-electron chi connectivity index (χ3n) is 3.71. The third kappa shape index (κ3) is 2.35. The number of hydrogen-bond acceptors (Lipinski definition) is 4. The van der Waals surface area contributed by atoms with Crippen LogP contribution in [0.5, 0.6) is 5.75 Å². The molecule has 2 heterocycles. The topological polar surface area (TPSA) is 63.8 Å². The van der Waals surface area contributed by atoms with Gasteiger partial charge < -0.3 is 9.84 Å². The van der Waals surface area contributed by atoms with E-state index in [2.05, 4.69) is 4.98 Å². The molecule has 0 bridgehead atoms. The Morgan fingerprint density at radius 1 is 1.32 bits per heavy atom. The molecule has 0 amide bonds. The lowest BCUT2D eigenvalue weighted by Crippen LogP contribution is -2.05. The van der Waals surface area contributed by atoms with Crippen molar-refractivity contribution in [1.29, 1.82) is 0 Å². The largest absolute Gasteiger partial charge is 0.497 e. The minimum Gasteiger partial charge on any atom is -0.497 e. The van der Waals surface area contributed by atoms with Crippen LogP contribution in [0.15, 0.2) is 24.3 Å². The van der Waals surface area contributed by atoms with E-state index in [-0.39, 0.29) is 6.42 Å². The number of nitrogens with zero attached hydrogens (tertiary/aromatic N) is 2. The Labute approximate surface area is 131 Å². The molecule has 0 atom stereocenters. The van der Waals surface area contributed by atoms with Crippen molar-refractivity contribution in [2.75, 3.05) is 7.11 Å². The first-order valence-corrected chi connectivity index (χ1v) is 7.66. The van der Waals surface area contributed by atoms with Gasteiger partial charge in [0.2, 0.25) is 0 Å². The number of aromatic nitrogens is 2. The quantitative estimate of drug-likeness (QED) is 0.802. The van der Waals surface area contributed by atoms with E-state index in [0.717, 1.165) is 38.2 Å². The smallest absolute Gasteiger partial charge is 0.309 e. The van der Waals surface area contributed by atoms with Crippen molar-refractivity contribution < 1.29 is 14.6 Å². The highest BCUT2D eigenvalue weighted by molar-refractivity contribution is 7.17. The van der Waals surface area contributed by atoms with Crippen LogP contribution in [-0.4, -0.2) is 27.6 Å². The maximum absolute atomic E-state index is 11.3. The van der Waals surface area contributed by atoms with Gasteiger partial charge in [-0.1, -0.05) is 0 Å². The first-order chi connectivity index (χ1) is 10.5. The summed E-state index contributed by atoms with van der Waals surface area (Å²) in [6.45, 7) is 4.01. The standard InChI is InChI=1S/C16H16N2O3S/c1-9-10(2)22-16-17-15(13(18(9)16)8-14(19)20)11-4-6-12(21-3)7-5-11/h4-7H,8H2,1-3H3,(H,19,20). The number of aliphatic carboxylic acids is 1. The number of benzene rings is 1. The molecule has 3 rings (SSSR count). The molecule has 22 heavy (non-hydrogen) atoms. The molecule has 0 radical (unpaired) electrons. The van der Waals surface area contributed by atoms with Crippen molar-refractivity contribution in [3.8, 4) is 17.0 Å². The van der Waals surface area contributed by atoms with E-state index in [1.54, 1.807) is 18.4 Å². The Morgan fingerprint density at radius 3 is 2.59 bits per heavy atom. The van der Waals surface area contributed by atoms with Gasteiger partial charge in [-0.15, -0.1) is 11.3 Å². The zero-order valence-corrected chi connectivity index (χ0v) is 13.4. The Balaban J connectivity index is 2.21. The number of rotatable bonds is 4. The predicted octanol–water partition coefficient (Wildman–Crippen LogP) is 3.32. The average Bonchev–Trinajstić information content (AvgIpc) is 2.97. The molecule has 0 unspecified atom stereocenters. The zero-order valence-electron chi connectivity index (χ0n) is 12.6. The Kier molecular flexibility index (Phi) is 3.62. The van der Waals surface area contributed by atoms with Crippen LogP contribution in [0.3, 0.4) is 0 Å². The van der Waals surface area contributed by atoms with Crippen LogP contribution < -0.4 is 4.74 Å². The molecule has 0 fully saturated rings. The molecular weight excluding hydrogens is 300 g/mol. The fourth-order valence-electron chi connectivity index (χ4n) is 2.50. The Hall–Kier alpha value is -2.34. The van der Waals surface area contributed by atoms with E-state index in [1.165, 1.54) is 0 Å². The van der Waals surface area contributed by atoms with E-state index in [9.17, 15) is 9.90 Å². The van der Waals surface area contributed by atoms with Gasteiger partial charge in [0.25, 0.3) is 0 Å². The number of imidazole rings is 1. The number of thiazole rings is 1. The number of ether oxygens (including phenoxy) is 1. The second-order valence-corrected chi connectivity index (χ2v) is 6.25. The van der Waals surface area contributed by atoms with Gasteiger partial charge >= 0.3 is 5.97 Å². The Morgan fingerprint density at radius 2 is 2.00 bits per heavy atom. The average molecular weight is 316 g/mol. The lowest BCUT2D eigenvalue weighted by molar-refractivity contribution is -0.136. The predicted molar refractivity (Wildman–Crippen MR) is 85.9 cm³/mol. The molecule has 3 aromatic rings. The van der Waals surface area contributed by atoms with Crippen LogP contribution in [-0.2, 0) is 11.2 Å². The Bertz CT molecular complexity index is 847. The van der Waals surface area contributed by atoms with Gasteiger partial charge in [-0.3, -0.25) is 9.20 Å². The fraction of sp³-hybridized carbons (Fsp3) is 0.250.